The summed E-state index contributed by atoms with van der Waals surface area (Å²) in [4.78, 5) is 3.96. The van der Waals surface area contributed by atoms with Gasteiger partial charge in [0.05, 0.1) is 19.3 Å². The van der Waals surface area contributed by atoms with Crippen molar-refractivity contribution in [3.8, 4) is 5.75 Å². The molecule has 0 aliphatic carbocycles. The van der Waals surface area contributed by atoms with Gasteiger partial charge in [0, 0.05) is 17.3 Å². The third kappa shape index (κ3) is 2.49. The predicted molar refractivity (Wildman–Crippen MR) is 72.8 cm³/mol. The van der Waals surface area contributed by atoms with Gasteiger partial charge in [-0.1, -0.05) is 12.1 Å². The van der Waals surface area contributed by atoms with E-state index in [0.29, 0.717) is 11.3 Å². The molecule has 2 rings (SSSR count). The quantitative estimate of drug-likeness (QED) is 0.933. The maximum absolute atomic E-state index is 14.1. The second-order valence-electron chi connectivity index (χ2n) is 4.44. The molecule has 1 aromatic carbocycles. The van der Waals surface area contributed by atoms with E-state index in [9.17, 15) is 8.78 Å². The Morgan fingerprint density at radius 3 is 2.55 bits per heavy atom. The fourth-order valence-electron chi connectivity index (χ4n) is 2.16. The van der Waals surface area contributed by atoms with Crippen molar-refractivity contribution in [1.29, 1.82) is 0 Å². The summed E-state index contributed by atoms with van der Waals surface area (Å²) in [6.45, 7) is 1.53. The summed E-state index contributed by atoms with van der Waals surface area (Å²) in [6.07, 6.45) is 3.13. The Bertz CT molecular complexity index is 617. The van der Waals surface area contributed by atoms with Crippen LogP contribution in [0.2, 0.25) is 0 Å². The lowest BCUT2D eigenvalue weighted by molar-refractivity contribution is 0.401. The lowest BCUT2D eigenvalue weighted by atomic mass is 9.97. The standard InChI is InChI=1S/C15H16F2N2O/c1-9-4-5-11(14(17)13(9)16)15(18-2)10-6-7-19-8-12(10)20-3/h4-8,15,18H,1-3H3. The number of pyridine rings is 1. The first kappa shape index (κ1) is 14.4. The molecule has 1 unspecified atom stereocenters. The fraction of sp³-hybridized carbons (Fsp3) is 0.267. The minimum atomic E-state index is -0.844. The monoisotopic (exact) mass is 278 g/mol. The zero-order chi connectivity index (χ0) is 14.7. The van der Waals surface area contributed by atoms with Crippen molar-refractivity contribution in [2.24, 2.45) is 0 Å². The highest BCUT2D eigenvalue weighted by Gasteiger charge is 2.22. The number of nitrogens with one attached hydrogen (secondary N) is 1. The van der Waals surface area contributed by atoms with E-state index in [2.05, 4.69) is 10.3 Å². The van der Waals surface area contributed by atoms with Crippen LogP contribution in [0.15, 0.2) is 30.6 Å². The van der Waals surface area contributed by atoms with Crippen LogP contribution in [0.4, 0.5) is 8.78 Å². The number of methoxy groups -OCH3 is 1. The molecule has 2 aromatic rings. The second-order valence-corrected chi connectivity index (χ2v) is 4.44. The van der Waals surface area contributed by atoms with Crippen molar-refractivity contribution in [1.82, 2.24) is 10.3 Å². The molecule has 1 atom stereocenters. The zero-order valence-corrected chi connectivity index (χ0v) is 11.6. The van der Waals surface area contributed by atoms with Gasteiger partial charge in [0.25, 0.3) is 0 Å². The summed E-state index contributed by atoms with van der Waals surface area (Å²) in [5.41, 5.74) is 1.22. The maximum Gasteiger partial charge on any atom is 0.164 e. The Labute approximate surface area is 116 Å². The Kier molecular flexibility index (Phi) is 4.29. The molecule has 0 saturated heterocycles. The minimum Gasteiger partial charge on any atom is -0.495 e. The van der Waals surface area contributed by atoms with Crippen molar-refractivity contribution in [3.05, 3.63) is 58.9 Å². The van der Waals surface area contributed by atoms with Gasteiger partial charge in [0.15, 0.2) is 11.6 Å². The third-order valence-electron chi connectivity index (χ3n) is 3.25. The van der Waals surface area contributed by atoms with Gasteiger partial charge in [-0.15, -0.1) is 0 Å². The van der Waals surface area contributed by atoms with Gasteiger partial charge >= 0.3 is 0 Å². The van der Waals surface area contributed by atoms with Crippen molar-refractivity contribution >= 4 is 0 Å². The van der Waals surface area contributed by atoms with Crippen LogP contribution in [0.5, 0.6) is 5.75 Å². The number of nitrogens with zero attached hydrogens (tertiary/aromatic N) is 1. The molecule has 5 heteroatoms. The summed E-state index contributed by atoms with van der Waals surface area (Å²) in [6, 6.07) is 4.35. The van der Waals surface area contributed by atoms with Gasteiger partial charge in [-0.25, -0.2) is 8.78 Å². The summed E-state index contributed by atoms with van der Waals surface area (Å²) in [5.74, 6) is -1.15. The first-order chi connectivity index (χ1) is 9.60. The number of hydrogen-bond donors (Lipinski definition) is 1. The van der Waals surface area contributed by atoms with E-state index in [1.165, 1.54) is 14.0 Å². The molecule has 0 spiro atoms. The van der Waals surface area contributed by atoms with Crippen LogP contribution in [-0.4, -0.2) is 19.1 Å². The largest absolute Gasteiger partial charge is 0.495 e. The zero-order valence-electron chi connectivity index (χ0n) is 11.6. The van der Waals surface area contributed by atoms with Gasteiger partial charge in [-0.3, -0.25) is 4.98 Å². The number of ether oxygens (including phenoxy) is 1. The van der Waals surface area contributed by atoms with Crippen LogP contribution < -0.4 is 10.1 Å². The van der Waals surface area contributed by atoms with Crippen LogP contribution in [0.3, 0.4) is 0 Å². The maximum atomic E-state index is 14.1. The molecule has 1 N–H and O–H groups in total. The number of halogens is 2. The Morgan fingerprint density at radius 2 is 1.90 bits per heavy atom. The smallest absolute Gasteiger partial charge is 0.164 e. The van der Waals surface area contributed by atoms with Crippen molar-refractivity contribution in [2.75, 3.05) is 14.2 Å². The van der Waals surface area contributed by atoms with E-state index in [1.807, 2.05) is 0 Å². The summed E-state index contributed by atoms with van der Waals surface area (Å²) < 4.78 is 33.1. The lowest BCUT2D eigenvalue weighted by Crippen LogP contribution is -2.20. The van der Waals surface area contributed by atoms with E-state index in [4.69, 9.17) is 4.74 Å². The number of hydrogen-bond acceptors (Lipinski definition) is 3. The molecule has 3 nitrogen and oxygen atoms in total. The molecular formula is C15H16F2N2O. The summed E-state index contributed by atoms with van der Waals surface area (Å²) >= 11 is 0. The molecule has 20 heavy (non-hydrogen) atoms. The van der Waals surface area contributed by atoms with E-state index in [0.717, 1.165) is 0 Å². The Hall–Kier alpha value is -2.01. The fourth-order valence-corrected chi connectivity index (χ4v) is 2.16. The molecule has 0 bridgehead atoms. The lowest BCUT2D eigenvalue weighted by Gasteiger charge is -2.20. The SMILES string of the molecule is CNC(c1ccncc1OC)c1ccc(C)c(F)c1F. The molecule has 0 fully saturated rings. The number of aryl methyl sites for hydroxylation is 1. The average Bonchev–Trinajstić information content (AvgIpc) is 2.48. The van der Waals surface area contributed by atoms with E-state index < -0.39 is 17.7 Å². The molecule has 0 saturated carbocycles. The van der Waals surface area contributed by atoms with Gasteiger partial charge < -0.3 is 10.1 Å². The van der Waals surface area contributed by atoms with Crippen molar-refractivity contribution in [3.63, 3.8) is 0 Å². The minimum absolute atomic E-state index is 0.236. The molecule has 0 radical (unpaired) electrons. The van der Waals surface area contributed by atoms with Crippen LogP contribution in [0.1, 0.15) is 22.7 Å². The highest BCUT2D eigenvalue weighted by atomic mass is 19.2. The second kappa shape index (κ2) is 5.96. The van der Waals surface area contributed by atoms with Crippen LogP contribution in [-0.2, 0) is 0 Å². The number of benzene rings is 1. The van der Waals surface area contributed by atoms with Crippen molar-refractivity contribution in [2.45, 2.75) is 13.0 Å². The molecule has 1 heterocycles. The Morgan fingerprint density at radius 1 is 1.15 bits per heavy atom. The van der Waals surface area contributed by atoms with E-state index in [-0.39, 0.29) is 11.1 Å². The average molecular weight is 278 g/mol. The first-order valence-corrected chi connectivity index (χ1v) is 6.19. The molecule has 106 valence electrons. The van der Waals surface area contributed by atoms with Gasteiger partial charge in [-0.05, 0) is 25.6 Å². The molecule has 1 aromatic heterocycles. The van der Waals surface area contributed by atoms with Gasteiger partial charge in [0.1, 0.15) is 5.75 Å². The van der Waals surface area contributed by atoms with Gasteiger partial charge in [0.2, 0.25) is 0 Å². The first-order valence-electron chi connectivity index (χ1n) is 6.19. The third-order valence-corrected chi connectivity index (χ3v) is 3.25. The molecule has 0 aliphatic heterocycles. The van der Waals surface area contributed by atoms with Crippen LogP contribution in [0.25, 0.3) is 0 Å². The van der Waals surface area contributed by atoms with E-state index >= 15 is 0 Å². The highest BCUT2D eigenvalue weighted by Crippen LogP contribution is 2.31. The highest BCUT2D eigenvalue weighted by molar-refractivity contribution is 5.41. The number of aromatic nitrogens is 1. The topological polar surface area (TPSA) is 34.2 Å². The molecule has 0 amide bonds. The van der Waals surface area contributed by atoms with Crippen LogP contribution >= 0.6 is 0 Å². The normalized spacial score (nSPS) is 12.2. The molecule has 0 aliphatic rings. The Balaban J connectivity index is 2.56. The van der Waals surface area contributed by atoms with E-state index in [1.54, 1.807) is 37.6 Å². The molecular weight excluding hydrogens is 262 g/mol. The summed E-state index contributed by atoms with van der Waals surface area (Å²) in [7, 11) is 3.20. The number of rotatable bonds is 4. The summed E-state index contributed by atoms with van der Waals surface area (Å²) in [5, 5.41) is 2.98. The van der Waals surface area contributed by atoms with Gasteiger partial charge in [-0.2, -0.15) is 0 Å². The van der Waals surface area contributed by atoms with Crippen LogP contribution in [0, 0.1) is 18.6 Å². The predicted octanol–water partition coefficient (Wildman–Crippen LogP) is 2.99. The van der Waals surface area contributed by atoms with Crippen molar-refractivity contribution < 1.29 is 13.5 Å².